The lowest BCUT2D eigenvalue weighted by atomic mass is 9.78. The van der Waals surface area contributed by atoms with E-state index in [4.69, 9.17) is 10.5 Å². The molecule has 2 unspecified atom stereocenters. The van der Waals surface area contributed by atoms with Crippen LogP contribution in [-0.4, -0.2) is 17.2 Å². The summed E-state index contributed by atoms with van der Waals surface area (Å²) in [7, 11) is 0. The fourth-order valence-electron chi connectivity index (χ4n) is 3.84. The van der Waals surface area contributed by atoms with Gasteiger partial charge in [-0.1, -0.05) is 18.9 Å². The third-order valence-corrected chi connectivity index (χ3v) is 4.96. The predicted molar refractivity (Wildman–Crippen MR) is 75.8 cm³/mol. The molecule has 2 aliphatic rings. The molecule has 2 fully saturated rings. The largest absolute Gasteiger partial charge is 0.375 e. The Morgan fingerprint density at radius 3 is 2.95 bits per heavy atom. The van der Waals surface area contributed by atoms with Crippen LogP contribution in [0.25, 0.3) is 0 Å². The summed E-state index contributed by atoms with van der Waals surface area (Å²) in [5.41, 5.74) is 8.96. The molecule has 0 bridgehead atoms. The Morgan fingerprint density at radius 1 is 1.42 bits per heavy atom. The van der Waals surface area contributed by atoms with Gasteiger partial charge in [0.1, 0.15) is 0 Å². The van der Waals surface area contributed by atoms with Crippen LogP contribution in [-0.2, 0) is 4.74 Å². The first-order chi connectivity index (χ1) is 9.20. The maximum atomic E-state index is 6.53. The number of pyridine rings is 1. The van der Waals surface area contributed by atoms with Gasteiger partial charge < -0.3 is 10.5 Å². The SMILES string of the molecule is Cc1ncccc1C(N)C1CCOC2(CCCC2)C1. The van der Waals surface area contributed by atoms with Crippen molar-refractivity contribution < 1.29 is 4.74 Å². The lowest BCUT2D eigenvalue weighted by molar-refractivity contribution is -0.0964. The number of ether oxygens (including phenoxy) is 1. The van der Waals surface area contributed by atoms with Crippen molar-refractivity contribution >= 4 is 0 Å². The highest BCUT2D eigenvalue weighted by Gasteiger charge is 2.41. The third kappa shape index (κ3) is 2.54. The number of aromatic nitrogens is 1. The van der Waals surface area contributed by atoms with Crippen LogP contribution in [0.15, 0.2) is 18.3 Å². The molecule has 1 saturated carbocycles. The van der Waals surface area contributed by atoms with Crippen molar-refractivity contribution in [2.75, 3.05) is 6.61 Å². The minimum absolute atomic E-state index is 0.107. The van der Waals surface area contributed by atoms with Gasteiger partial charge in [0.2, 0.25) is 0 Å². The van der Waals surface area contributed by atoms with Gasteiger partial charge in [-0.05, 0) is 50.2 Å². The zero-order chi connectivity index (χ0) is 13.3. The molecule has 0 radical (unpaired) electrons. The molecule has 0 amide bonds. The molecular formula is C16H24N2O. The molecule has 1 saturated heterocycles. The summed E-state index contributed by atoms with van der Waals surface area (Å²) >= 11 is 0. The second kappa shape index (κ2) is 5.22. The molecule has 1 aromatic rings. The monoisotopic (exact) mass is 260 g/mol. The van der Waals surface area contributed by atoms with Gasteiger partial charge in [0, 0.05) is 24.5 Å². The van der Waals surface area contributed by atoms with Gasteiger partial charge >= 0.3 is 0 Å². The summed E-state index contributed by atoms with van der Waals surface area (Å²) in [6, 6.07) is 4.23. The summed E-state index contributed by atoms with van der Waals surface area (Å²) in [6.07, 6.45) is 9.12. The first-order valence-corrected chi connectivity index (χ1v) is 7.51. The van der Waals surface area contributed by atoms with Crippen LogP contribution in [0.3, 0.4) is 0 Å². The van der Waals surface area contributed by atoms with E-state index in [0.29, 0.717) is 5.92 Å². The van der Waals surface area contributed by atoms with E-state index in [1.165, 1.54) is 31.2 Å². The molecule has 1 aromatic heterocycles. The lowest BCUT2D eigenvalue weighted by Crippen LogP contribution is -2.40. The fourth-order valence-corrected chi connectivity index (χ4v) is 3.84. The summed E-state index contributed by atoms with van der Waals surface area (Å²) in [6.45, 7) is 2.93. The molecule has 2 heterocycles. The zero-order valence-electron chi connectivity index (χ0n) is 11.8. The summed E-state index contributed by atoms with van der Waals surface area (Å²) in [4.78, 5) is 4.37. The average molecular weight is 260 g/mol. The topological polar surface area (TPSA) is 48.1 Å². The minimum Gasteiger partial charge on any atom is -0.375 e. The van der Waals surface area contributed by atoms with Crippen molar-refractivity contribution in [1.29, 1.82) is 0 Å². The highest BCUT2D eigenvalue weighted by atomic mass is 16.5. The van der Waals surface area contributed by atoms with Crippen LogP contribution in [0.1, 0.15) is 55.8 Å². The maximum absolute atomic E-state index is 6.53. The number of nitrogens with zero attached hydrogens (tertiary/aromatic N) is 1. The quantitative estimate of drug-likeness (QED) is 0.888. The van der Waals surface area contributed by atoms with E-state index >= 15 is 0 Å². The van der Waals surface area contributed by atoms with E-state index in [1.54, 1.807) is 0 Å². The van der Waals surface area contributed by atoms with Gasteiger partial charge in [-0.3, -0.25) is 4.98 Å². The molecule has 19 heavy (non-hydrogen) atoms. The average Bonchev–Trinajstić information content (AvgIpc) is 2.86. The normalized spacial score (nSPS) is 27.6. The second-order valence-corrected chi connectivity index (χ2v) is 6.20. The van der Waals surface area contributed by atoms with Crippen LogP contribution in [0.5, 0.6) is 0 Å². The van der Waals surface area contributed by atoms with Gasteiger partial charge in [0.15, 0.2) is 0 Å². The second-order valence-electron chi connectivity index (χ2n) is 6.20. The Bertz CT molecular complexity index is 440. The van der Waals surface area contributed by atoms with Crippen LogP contribution in [0.4, 0.5) is 0 Å². The third-order valence-electron chi connectivity index (χ3n) is 4.96. The summed E-state index contributed by atoms with van der Waals surface area (Å²) in [5, 5.41) is 0. The van der Waals surface area contributed by atoms with Gasteiger partial charge in [-0.25, -0.2) is 0 Å². The van der Waals surface area contributed by atoms with E-state index in [1.807, 2.05) is 12.3 Å². The van der Waals surface area contributed by atoms with Crippen molar-refractivity contribution in [3.8, 4) is 0 Å². The van der Waals surface area contributed by atoms with E-state index < -0.39 is 0 Å². The van der Waals surface area contributed by atoms with Crippen molar-refractivity contribution in [2.45, 2.75) is 57.1 Å². The molecule has 2 atom stereocenters. The number of nitrogens with two attached hydrogens (primary N) is 1. The van der Waals surface area contributed by atoms with E-state index in [0.717, 1.165) is 25.1 Å². The van der Waals surface area contributed by atoms with Crippen molar-refractivity contribution in [2.24, 2.45) is 11.7 Å². The van der Waals surface area contributed by atoms with Crippen LogP contribution >= 0.6 is 0 Å². The number of rotatable bonds is 2. The first kappa shape index (κ1) is 13.1. The smallest absolute Gasteiger partial charge is 0.0685 e. The van der Waals surface area contributed by atoms with Crippen LogP contribution in [0, 0.1) is 12.8 Å². The van der Waals surface area contributed by atoms with Crippen molar-refractivity contribution in [1.82, 2.24) is 4.98 Å². The van der Waals surface area contributed by atoms with Gasteiger partial charge in [-0.2, -0.15) is 0 Å². The zero-order valence-corrected chi connectivity index (χ0v) is 11.8. The molecule has 2 N–H and O–H groups in total. The fraction of sp³-hybridized carbons (Fsp3) is 0.688. The molecule has 3 heteroatoms. The highest BCUT2D eigenvalue weighted by molar-refractivity contribution is 5.23. The van der Waals surface area contributed by atoms with E-state index in [9.17, 15) is 0 Å². The Hall–Kier alpha value is -0.930. The molecular weight excluding hydrogens is 236 g/mol. The molecule has 1 aliphatic heterocycles. The Balaban J connectivity index is 1.76. The van der Waals surface area contributed by atoms with Gasteiger partial charge in [-0.15, -0.1) is 0 Å². The lowest BCUT2D eigenvalue weighted by Gasteiger charge is -2.40. The molecule has 3 rings (SSSR count). The van der Waals surface area contributed by atoms with Gasteiger partial charge in [0.05, 0.1) is 5.60 Å². The molecule has 1 spiro atoms. The number of hydrogen-bond acceptors (Lipinski definition) is 3. The maximum Gasteiger partial charge on any atom is 0.0685 e. The number of aryl methyl sites for hydroxylation is 1. The highest BCUT2D eigenvalue weighted by Crippen LogP contribution is 2.44. The standard InChI is InChI=1S/C16H24N2O/c1-12-14(5-4-9-18-12)15(17)13-6-10-19-16(11-13)7-2-3-8-16/h4-5,9,13,15H,2-3,6-8,10-11,17H2,1H3. The first-order valence-electron chi connectivity index (χ1n) is 7.51. The van der Waals surface area contributed by atoms with Crippen molar-refractivity contribution in [3.63, 3.8) is 0 Å². The van der Waals surface area contributed by atoms with Gasteiger partial charge in [0.25, 0.3) is 0 Å². The van der Waals surface area contributed by atoms with Crippen LogP contribution in [0.2, 0.25) is 0 Å². The Labute approximate surface area is 115 Å². The predicted octanol–water partition coefficient (Wildman–Crippen LogP) is 3.13. The summed E-state index contributed by atoms with van der Waals surface area (Å²) < 4.78 is 6.10. The molecule has 3 nitrogen and oxygen atoms in total. The van der Waals surface area contributed by atoms with E-state index in [2.05, 4.69) is 18.0 Å². The molecule has 0 aromatic carbocycles. The number of hydrogen-bond donors (Lipinski definition) is 1. The molecule has 104 valence electrons. The Kier molecular flexibility index (Phi) is 3.59. The Morgan fingerprint density at radius 2 is 2.21 bits per heavy atom. The van der Waals surface area contributed by atoms with E-state index in [-0.39, 0.29) is 11.6 Å². The summed E-state index contributed by atoms with van der Waals surface area (Å²) in [5.74, 6) is 0.537. The van der Waals surface area contributed by atoms with Crippen LogP contribution < -0.4 is 5.73 Å². The van der Waals surface area contributed by atoms with Crippen molar-refractivity contribution in [3.05, 3.63) is 29.6 Å². The molecule has 1 aliphatic carbocycles. The minimum atomic E-state index is 0.107.